The van der Waals surface area contributed by atoms with Gasteiger partial charge in [0.15, 0.2) is 0 Å². The van der Waals surface area contributed by atoms with Gasteiger partial charge in [-0.05, 0) is 85.6 Å². The fourth-order valence-corrected chi connectivity index (χ4v) is 9.02. The molecule has 64 heavy (non-hydrogen) atoms. The summed E-state index contributed by atoms with van der Waals surface area (Å²) in [6.45, 7) is 7.13. The molecule has 0 amide bonds. The normalized spacial score (nSPS) is 15.2. The third kappa shape index (κ3) is 8.15. The summed E-state index contributed by atoms with van der Waals surface area (Å²) in [5.41, 5.74) is 8.04. The van der Waals surface area contributed by atoms with Crippen molar-refractivity contribution in [3.05, 3.63) is 132 Å². The van der Waals surface area contributed by atoms with Crippen molar-refractivity contribution in [2.75, 3.05) is 14.2 Å². The zero-order chi connectivity index (χ0) is 44.5. The minimum atomic E-state index is -0.212. The van der Waals surface area contributed by atoms with E-state index in [1.54, 1.807) is 47.1 Å². The molecule has 4 aromatic heterocycles. The van der Waals surface area contributed by atoms with Crippen LogP contribution in [0, 0.1) is 0 Å². The van der Waals surface area contributed by atoms with Crippen LogP contribution in [0.3, 0.4) is 0 Å². The predicted octanol–water partition coefficient (Wildman–Crippen LogP) is 8.45. The van der Waals surface area contributed by atoms with Crippen LogP contribution < -0.4 is 9.47 Å². The predicted molar refractivity (Wildman–Crippen MR) is 246 cm³/mol. The van der Waals surface area contributed by atoms with Crippen LogP contribution in [-0.4, -0.2) is 97.3 Å². The first kappa shape index (κ1) is 41.9. The number of methoxy groups -OCH3 is 2. The van der Waals surface area contributed by atoms with Crippen LogP contribution in [0.1, 0.15) is 48.4 Å². The molecule has 320 valence electrons. The number of carbonyl (C=O) groups excluding carboxylic acids is 2. The van der Waals surface area contributed by atoms with Gasteiger partial charge >= 0.3 is 0 Å². The maximum Gasteiger partial charge on any atom is 0.244 e. The van der Waals surface area contributed by atoms with Gasteiger partial charge in [-0.15, -0.1) is 20.4 Å². The zero-order valence-electron chi connectivity index (χ0n) is 35.5. The average Bonchev–Trinajstić information content (AvgIpc) is 4.14. The first-order valence-corrected chi connectivity index (χ1v) is 21.9. The SMILES string of the molecule is COc1ccc(C2=Nn3c(nnc3-c3cc(-c4ccccc4)n(C(C)=O)n3)SC2C)cc1.COc1ccc(C2=Nn3c(nnc3-c3cc(-c4ccccc4)nn3C(C)=O)SC2C)cc1. The fourth-order valence-electron chi connectivity index (χ4n) is 7.17. The molecule has 10 rings (SSSR count). The van der Waals surface area contributed by atoms with Crippen LogP contribution in [0.25, 0.3) is 45.6 Å². The molecule has 2 aliphatic rings. The smallest absolute Gasteiger partial charge is 0.244 e. The monoisotopic (exact) mass is 888 g/mol. The van der Waals surface area contributed by atoms with Crippen LogP contribution in [0.4, 0.5) is 0 Å². The summed E-state index contributed by atoms with van der Waals surface area (Å²) in [4.78, 5) is 24.6. The Kier molecular flexibility index (Phi) is 11.6. The molecule has 0 radical (unpaired) electrons. The van der Waals surface area contributed by atoms with Crippen molar-refractivity contribution < 1.29 is 19.1 Å². The van der Waals surface area contributed by atoms with Gasteiger partial charge in [0.25, 0.3) is 0 Å². The van der Waals surface area contributed by atoms with Gasteiger partial charge in [0.2, 0.25) is 33.8 Å². The summed E-state index contributed by atoms with van der Waals surface area (Å²) < 4.78 is 16.7. The number of hydrogen-bond donors (Lipinski definition) is 0. The van der Waals surface area contributed by atoms with Gasteiger partial charge in [0.05, 0.1) is 47.5 Å². The molecule has 18 heteroatoms. The van der Waals surface area contributed by atoms with Crippen LogP contribution in [0.15, 0.2) is 142 Å². The second-order valence-electron chi connectivity index (χ2n) is 14.6. The van der Waals surface area contributed by atoms with Gasteiger partial charge in [0, 0.05) is 25.0 Å². The Labute approximate surface area is 376 Å². The highest BCUT2D eigenvalue weighted by Gasteiger charge is 2.30. The zero-order valence-corrected chi connectivity index (χ0v) is 37.2. The minimum absolute atomic E-state index is 0.0885. The number of hydrogen-bond acceptors (Lipinski definition) is 14. The molecule has 0 fully saturated rings. The highest BCUT2D eigenvalue weighted by molar-refractivity contribution is 8.00. The van der Waals surface area contributed by atoms with Gasteiger partial charge in [-0.2, -0.15) is 39.1 Å². The molecule has 2 aliphatic heterocycles. The van der Waals surface area contributed by atoms with Crippen molar-refractivity contribution in [3.8, 4) is 57.1 Å². The molecule has 0 bridgehead atoms. The Morgan fingerprint density at radius 1 is 0.516 bits per heavy atom. The van der Waals surface area contributed by atoms with E-state index < -0.39 is 0 Å². The molecular formula is C46H40N12O4S2. The lowest BCUT2D eigenvalue weighted by molar-refractivity contribution is 0.0915. The van der Waals surface area contributed by atoms with E-state index in [4.69, 9.17) is 19.7 Å². The molecule has 0 N–H and O–H groups in total. The third-order valence-electron chi connectivity index (χ3n) is 10.4. The van der Waals surface area contributed by atoms with E-state index in [0.717, 1.165) is 45.2 Å². The van der Waals surface area contributed by atoms with E-state index in [9.17, 15) is 9.59 Å². The van der Waals surface area contributed by atoms with Crippen LogP contribution in [-0.2, 0) is 0 Å². The highest BCUT2D eigenvalue weighted by atomic mass is 32.2. The largest absolute Gasteiger partial charge is 0.497 e. The summed E-state index contributed by atoms with van der Waals surface area (Å²) in [6, 6.07) is 38.7. The first-order chi connectivity index (χ1) is 31.1. The van der Waals surface area contributed by atoms with Crippen molar-refractivity contribution >= 4 is 46.8 Å². The molecule has 0 saturated carbocycles. The Hall–Kier alpha value is -7.44. The molecule has 2 atom stereocenters. The lowest BCUT2D eigenvalue weighted by atomic mass is 10.1. The summed E-state index contributed by atoms with van der Waals surface area (Å²) >= 11 is 3.15. The summed E-state index contributed by atoms with van der Waals surface area (Å²) in [6.07, 6.45) is 0. The van der Waals surface area contributed by atoms with E-state index in [1.807, 2.05) is 121 Å². The van der Waals surface area contributed by atoms with Crippen LogP contribution in [0.2, 0.25) is 0 Å². The van der Waals surface area contributed by atoms with Crippen LogP contribution in [0.5, 0.6) is 11.5 Å². The molecule has 0 saturated heterocycles. The van der Waals surface area contributed by atoms with Gasteiger partial charge in [-0.1, -0.05) is 84.2 Å². The number of benzene rings is 4. The van der Waals surface area contributed by atoms with E-state index in [-0.39, 0.29) is 22.3 Å². The Balaban J connectivity index is 0.000000162. The second-order valence-corrected chi connectivity index (χ2v) is 17.2. The molecule has 16 nitrogen and oxygen atoms in total. The molecule has 2 unspecified atom stereocenters. The van der Waals surface area contributed by atoms with Crippen molar-refractivity contribution in [1.82, 2.24) is 49.3 Å². The number of carbonyl (C=O) groups is 2. The quantitative estimate of drug-likeness (QED) is 0.143. The number of nitrogens with zero attached hydrogens (tertiary/aromatic N) is 12. The van der Waals surface area contributed by atoms with Crippen molar-refractivity contribution in [2.45, 2.75) is 48.5 Å². The van der Waals surface area contributed by atoms with Crippen LogP contribution >= 0.6 is 23.5 Å². The summed E-state index contributed by atoms with van der Waals surface area (Å²) in [7, 11) is 3.29. The maximum absolute atomic E-state index is 12.4. The second kappa shape index (κ2) is 17.7. The lowest BCUT2D eigenvalue weighted by Crippen LogP contribution is -2.22. The Morgan fingerprint density at radius 3 is 1.45 bits per heavy atom. The van der Waals surface area contributed by atoms with Crippen molar-refractivity contribution in [2.24, 2.45) is 10.2 Å². The molecule has 8 aromatic rings. The van der Waals surface area contributed by atoms with Gasteiger partial charge in [0.1, 0.15) is 22.9 Å². The molecule has 0 spiro atoms. The van der Waals surface area contributed by atoms with Gasteiger partial charge < -0.3 is 9.47 Å². The summed E-state index contributed by atoms with van der Waals surface area (Å²) in [5.74, 6) is 2.14. The lowest BCUT2D eigenvalue weighted by Gasteiger charge is -2.20. The van der Waals surface area contributed by atoms with Crippen molar-refractivity contribution in [3.63, 3.8) is 0 Å². The minimum Gasteiger partial charge on any atom is -0.497 e. The first-order valence-electron chi connectivity index (χ1n) is 20.1. The van der Waals surface area contributed by atoms with E-state index >= 15 is 0 Å². The number of thioether (sulfide) groups is 2. The number of rotatable bonds is 8. The molecular weight excluding hydrogens is 849 g/mol. The van der Waals surface area contributed by atoms with Gasteiger partial charge in [-0.3, -0.25) is 9.59 Å². The highest BCUT2D eigenvalue weighted by Crippen LogP contribution is 2.36. The Bertz CT molecular complexity index is 3060. The average molecular weight is 889 g/mol. The maximum atomic E-state index is 12.4. The summed E-state index contributed by atoms with van der Waals surface area (Å²) in [5, 5.41) is 37.6. The van der Waals surface area contributed by atoms with E-state index in [2.05, 4.69) is 44.4 Å². The Morgan fingerprint density at radius 2 is 0.953 bits per heavy atom. The van der Waals surface area contributed by atoms with E-state index in [1.165, 1.54) is 23.2 Å². The number of fused-ring (bicyclic) bond motifs is 2. The van der Waals surface area contributed by atoms with Crippen molar-refractivity contribution in [1.29, 1.82) is 0 Å². The third-order valence-corrected chi connectivity index (χ3v) is 12.4. The molecule has 4 aromatic carbocycles. The van der Waals surface area contributed by atoms with Gasteiger partial charge in [-0.25, -0.2) is 0 Å². The number of aromatic nitrogens is 10. The molecule has 0 aliphatic carbocycles. The molecule has 6 heterocycles. The topological polar surface area (TPSA) is 174 Å². The fraction of sp³-hybridized carbons (Fsp3) is 0.174. The standard InChI is InChI=1S/2C23H20N6O2S/c1-14-21(17-9-11-18(31-3)12-10-17)27-29-22(24-25-23(29)32-14)19-13-20(28(26-19)15(2)30)16-7-5-4-6-8-16;1-14-21(17-9-11-18(31-3)12-10-17)27-29-22(24-25-23(29)32-14)20-13-19(26-28(20)15(2)30)16-7-5-4-6-8-16/h2*4-14H,1-3H3. The van der Waals surface area contributed by atoms with E-state index in [0.29, 0.717) is 44.7 Å². The number of ether oxygens (including phenoxy) is 2.